The second kappa shape index (κ2) is 6.02. The molecule has 0 saturated carbocycles. The van der Waals surface area contributed by atoms with Gasteiger partial charge in [-0.25, -0.2) is 0 Å². The van der Waals surface area contributed by atoms with Gasteiger partial charge in [-0.3, -0.25) is 0 Å². The van der Waals surface area contributed by atoms with Crippen molar-refractivity contribution in [3.63, 3.8) is 0 Å². The molecule has 2 aromatic rings. The van der Waals surface area contributed by atoms with Crippen molar-refractivity contribution < 1.29 is 4.42 Å². The first-order valence-electron chi connectivity index (χ1n) is 5.80. The number of hydrogen-bond acceptors (Lipinski definition) is 3. The van der Waals surface area contributed by atoms with Gasteiger partial charge in [-0.2, -0.15) is 0 Å². The van der Waals surface area contributed by atoms with Gasteiger partial charge in [0.1, 0.15) is 11.5 Å². The smallest absolute Gasteiger partial charge is 0.125 e. The van der Waals surface area contributed by atoms with Gasteiger partial charge in [-0.15, -0.1) is 11.3 Å². The minimum absolute atomic E-state index is 0.181. The summed E-state index contributed by atoms with van der Waals surface area (Å²) in [6.45, 7) is 5.16. The first kappa shape index (κ1) is 13.1. The van der Waals surface area contributed by atoms with Gasteiger partial charge in [-0.05, 0) is 58.3 Å². The summed E-state index contributed by atoms with van der Waals surface area (Å²) < 4.78 is 7.16. The SMILES string of the molecule is CCNC(c1csc(I)c1)c1ccc(CC)o1. The lowest BCUT2D eigenvalue weighted by molar-refractivity contribution is 0.426. The molecule has 0 spiro atoms. The molecule has 1 atom stereocenters. The number of rotatable bonds is 5. The molecule has 1 N–H and O–H groups in total. The lowest BCUT2D eigenvalue weighted by Crippen LogP contribution is -2.20. The van der Waals surface area contributed by atoms with E-state index in [9.17, 15) is 0 Å². The second-order valence-corrected chi connectivity index (χ2v) is 6.64. The predicted octanol–water partition coefficient (Wildman–Crippen LogP) is 4.21. The molecule has 0 radical (unpaired) electrons. The van der Waals surface area contributed by atoms with Gasteiger partial charge in [0.25, 0.3) is 0 Å². The molecule has 0 amide bonds. The number of furan rings is 1. The number of thiophene rings is 1. The molecule has 2 nitrogen and oxygen atoms in total. The Kier molecular flexibility index (Phi) is 4.64. The van der Waals surface area contributed by atoms with E-state index in [1.165, 1.54) is 8.45 Å². The molecule has 2 heterocycles. The van der Waals surface area contributed by atoms with Gasteiger partial charge in [0.05, 0.1) is 8.93 Å². The summed E-state index contributed by atoms with van der Waals surface area (Å²) in [6.07, 6.45) is 0.944. The largest absolute Gasteiger partial charge is 0.464 e. The van der Waals surface area contributed by atoms with Crippen LogP contribution in [0.5, 0.6) is 0 Å². The van der Waals surface area contributed by atoms with E-state index >= 15 is 0 Å². The van der Waals surface area contributed by atoms with Gasteiger partial charge < -0.3 is 9.73 Å². The number of nitrogens with one attached hydrogen (secondary N) is 1. The third kappa shape index (κ3) is 3.11. The summed E-state index contributed by atoms with van der Waals surface area (Å²) in [7, 11) is 0. The van der Waals surface area contributed by atoms with Crippen molar-refractivity contribution >= 4 is 33.9 Å². The average molecular weight is 361 g/mol. The molecule has 0 aromatic carbocycles. The molecule has 4 heteroatoms. The zero-order chi connectivity index (χ0) is 12.3. The standard InChI is InChI=1S/C13H16INOS/c1-3-10-5-6-11(16-10)13(15-4-2)9-7-12(14)17-8-9/h5-8,13,15H,3-4H2,1-2H3. The van der Waals surface area contributed by atoms with E-state index in [1.54, 1.807) is 11.3 Å². The van der Waals surface area contributed by atoms with Gasteiger partial charge in [0.2, 0.25) is 0 Å². The molecule has 1 unspecified atom stereocenters. The summed E-state index contributed by atoms with van der Waals surface area (Å²) in [5, 5.41) is 5.67. The Labute approximate surface area is 120 Å². The fourth-order valence-electron chi connectivity index (χ4n) is 1.80. The summed E-state index contributed by atoms with van der Waals surface area (Å²) in [5.74, 6) is 2.06. The van der Waals surface area contributed by atoms with Crippen LogP contribution in [0.15, 0.2) is 28.0 Å². The van der Waals surface area contributed by atoms with E-state index in [0.717, 1.165) is 24.5 Å². The Morgan fingerprint density at radius 1 is 1.41 bits per heavy atom. The van der Waals surface area contributed by atoms with E-state index in [1.807, 2.05) is 0 Å². The Morgan fingerprint density at radius 3 is 2.76 bits per heavy atom. The van der Waals surface area contributed by atoms with E-state index in [0.29, 0.717) is 0 Å². The minimum atomic E-state index is 0.181. The van der Waals surface area contributed by atoms with Gasteiger partial charge in [0.15, 0.2) is 0 Å². The number of hydrogen-bond donors (Lipinski definition) is 1. The first-order chi connectivity index (χ1) is 8.24. The van der Waals surface area contributed by atoms with Crippen LogP contribution in [-0.4, -0.2) is 6.54 Å². The fourth-order valence-corrected chi connectivity index (χ4v) is 3.20. The van der Waals surface area contributed by atoms with Crippen LogP contribution < -0.4 is 5.32 Å². The van der Waals surface area contributed by atoms with Gasteiger partial charge >= 0.3 is 0 Å². The summed E-state index contributed by atoms with van der Waals surface area (Å²) in [6, 6.07) is 6.54. The Hall–Kier alpha value is -0.330. The quantitative estimate of drug-likeness (QED) is 0.808. The van der Waals surface area contributed by atoms with E-state index in [2.05, 4.69) is 65.3 Å². The Morgan fingerprint density at radius 2 is 2.24 bits per heavy atom. The second-order valence-electron chi connectivity index (χ2n) is 3.83. The van der Waals surface area contributed by atoms with E-state index in [-0.39, 0.29) is 6.04 Å². The molecule has 0 saturated heterocycles. The van der Waals surface area contributed by atoms with Crippen LogP contribution in [0.25, 0.3) is 0 Å². The maximum absolute atomic E-state index is 5.85. The number of aryl methyl sites for hydroxylation is 1. The molecule has 17 heavy (non-hydrogen) atoms. The Balaban J connectivity index is 2.28. The predicted molar refractivity (Wildman–Crippen MR) is 80.6 cm³/mol. The van der Waals surface area contributed by atoms with Crippen molar-refractivity contribution in [3.05, 3.63) is 43.5 Å². The molecular formula is C13H16INOS. The van der Waals surface area contributed by atoms with Crippen molar-refractivity contribution in [2.45, 2.75) is 26.3 Å². The molecule has 0 aliphatic heterocycles. The highest BCUT2D eigenvalue weighted by Gasteiger charge is 2.17. The van der Waals surface area contributed by atoms with Gasteiger partial charge in [0, 0.05) is 6.42 Å². The minimum Gasteiger partial charge on any atom is -0.464 e. The van der Waals surface area contributed by atoms with Gasteiger partial charge in [-0.1, -0.05) is 13.8 Å². The third-order valence-electron chi connectivity index (χ3n) is 2.64. The molecule has 92 valence electrons. The topological polar surface area (TPSA) is 25.2 Å². The summed E-state index contributed by atoms with van der Waals surface area (Å²) in [4.78, 5) is 0. The van der Waals surface area contributed by atoms with Crippen LogP contribution in [-0.2, 0) is 6.42 Å². The lowest BCUT2D eigenvalue weighted by atomic mass is 10.1. The van der Waals surface area contributed by atoms with Crippen molar-refractivity contribution in [1.82, 2.24) is 5.32 Å². The lowest BCUT2D eigenvalue weighted by Gasteiger charge is -2.14. The van der Waals surface area contributed by atoms with Crippen LogP contribution in [0.4, 0.5) is 0 Å². The molecule has 0 fully saturated rings. The van der Waals surface area contributed by atoms with E-state index < -0.39 is 0 Å². The van der Waals surface area contributed by atoms with E-state index in [4.69, 9.17) is 4.42 Å². The normalized spacial score (nSPS) is 12.9. The van der Waals surface area contributed by atoms with Crippen molar-refractivity contribution in [2.75, 3.05) is 6.54 Å². The average Bonchev–Trinajstić information content (AvgIpc) is 2.94. The molecular weight excluding hydrogens is 345 g/mol. The van der Waals surface area contributed by atoms with Crippen LogP contribution in [0.2, 0.25) is 0 Å². The molecule has 0 aliphatic carbocycles. The zero-order valence-corrected chi connectivity index (χ0v) is 13.0. The van der Waals surface area contributed by atoms with Crippen LogP contribution in [0.3, 0.4) is 0 Å². The highest BCUT2D eigenvalue weighted by Crippen LogP contribution is 2.28. The molecule has 0 aliphatic rings. The van der Waals surface area contributed by atoms with Crippen LogP contribution >= 0.6 is 33.9 Å². The molecule has 2 rings (SSSR count). The van der Waals surface area contributed by atoms with Crippen molar-refractivity contribution in [1.29, 1.82) is 0 Å². The monoisotopic (exact) mass is 361 g/mol. The summed E-state index contributed by atoms with van der Waals surface area (Å²) >= 11 is 4.13. The summed E-state index contributed by atoms with van der Waals surface area (Å²) in [5.41, 5.74) is 1.29. The Bertz CT molecular complexity index is 477. The fraction of sp³-hybridized carbons (Fsp3) is 0.385. The highest BCUT2D eigenvalue weighted by atomic mass is 127. The third-order valence-corrected chi connectivity index (χ3v) is 4.45. The highest BCUT2D eigenvalue weighted by molar-refractivity contribution is 14.1. The first-order valence-corrected chi connectivity index (χ1v) is 7.76. The molecule has 2 aromatic heterocycles. The van der Waals surface area contributed by atoms with Crippen LogP contribution in [0.1, 0.15) is 37.0 Å². The van der Waals surface area contributed by atoms with Crippen molar-refractivity contribution in [3.8, 4) is 0 Å². The number of halogens is 1. The maximum Gasteiger partial charge on any atom is 0.125 e. The maximum atomic E-state index is 5.85. The van der Waals surface area contributed by atoms with Crippen molar-refractivity contribution in [2.24, 2.45) is 0 Å². The zero-order valence-electron chi connectivity index (χ0n) is 10.00. The van der Waals surface area contributed by atoms with Crippen LogP contribution in [0, 0.1) is 2.88 Å². The molecule has 0 bridgehead atoms.